The van der Waals surface area contributed by atoms with Crippen molar-refractivity contribution in [3.63, 3.8) is 0 Å². The van der Waals surface area contributed by atoms with Gasteiger partial charge < -0.3 is 20.4 Å². The summed E-state index contributed by atoms with van der Waals surface area (Å²) in [4.78, 5) is 25.5. The highest BCUT2D eigenvalue weighted by atomic mass is 32.2. The summed E-state index contributed by atoms with van der Waals surface area (Å²) in [6.45, 7) is 3.33. The van der Waals surface area contributed by atoms with Gasteiger partial charge in [-0.05, 0) is 6.92 Å². The number of hydrogen-bond donors (Lipinski definition) is 3. The van der Waals surface area contributed by atoms with E-state index in [1.165, 1.54) is 4.90 Å². The van der Waals surface area contributed by atoms with Crippen molar-refractivity contribution in [1.82, 2.24) is 10.2 Å². The first-order chi connectivity index (χ1) is 9.00. The number of carbonyl (C=O) groups excluding carboxylic acids is 1. The molecule has 0 aromatic rings. The van der Waals surface area contributed by atoms with Gasteiger partial charge in [-0.15, -0.1) is 11.8 Å². The fourth-order valence-corrected chi connectivity index (χ4v) is 4.25. The van der Waals surface area contributed by atoms with Gasteiger partial charge in [-0.1, -0.05) is 0 Å². The molecule has 6 nitrogen and oxygen atoms in total. The third kappa shape index (κ3) is 1.87. The Morgan fingerprint density at radius 1 is 1.53 bits per heavy atom. The number of aliphatic carboxylic acids is 1. The van der Waals surface area contributed by atoms with Crippen LogP contribution in [0.4, 0.5) is 0 Å². The van der Waals surface area contributed by atoms with Crippen LogP contribution in [-0.4, -0.2) is 57.5 Å². The van der Waals surface area contributed by atoms with Crippen LogP contribution < -0.4 is 5.32 Å². The zero-order valence-electron chi connectivity index (χ0n) is 10.5. The Morgan fingerprint density at radius 2 is 2.21 bits per heavy atom. The zero-order chi connectivity index (χ0) is 13.7. The summed E-state index contributed by atoms with van der Waals surface area (Å²) in [5, 5.41) is 22.5. The lowest BCUT2D eigenvalue weighted by Crippen LogP contribution is -2.61. The maximum atomic E-state index is 12.0. The van der Waals surface area contributed by atoms with E-state index in [1.54, 1.807) is 18.7 Å². The molecule has 3 heterocycles. The van der Waals surface area contributed by atoms with E-state index >= 15 is 0 Å². The summed E-state index contributed by atoms with van der Waals surface area (Å²) in [5.41, 5.74) is 0.129. The normalized spacial score (nSPS) is 31.9. The van der Waals surface area contributed by atoms with Gasteiger partial charge in [0.1, 0.15) is 5.70 Å². The number of hydrogen-bond acceptors (Lipinski definition) is 5. The van der Waals surface area contributed by atoms with E-state index in [1.807, 2.05) is 0 Å². The van der Waals surface area contributed by atoms with E-state index in [0.717, 1.165) is 18.0 Å². The van der Waals surface area contributed by atoms with Crippen molar-refractivity contribution >= 4 is 23.6 Å². The number of rotatable bonds is 4. The molecule has 1 amide bonds. The molecule has 0 bridgehead atoms. The molecule has 0 aromatic carbocycles. The highest BCUT2D eigenvalue weighted by molar-refractivity contribution is 8.03. The van der Waals surface area contributed by atoms with Crippen LogP contribution in [-0.2, 0) is 9.59 Å². The maximum Gasteiger partial charge on any atom is 0.353 e. The Morgan fingerprint density at radius 3 is 2.68 bits per heavy atom. The first kappa shape index (κ1) is 13.0. The number of aliphatic hydroxyl groups is 1. The Labute approximate surface area is 114 Å². The van der Waals surface area contributed by atoms with Gasteiger partial charge in [0.15, 0.2) is 0 Å². The van der Waals surface area contributed by atoms with Crippen molar-refractivity contribution in [1.29, 1.82) is 0 Å². The van der Waals surface area contributed by atoms with Crippen LogP contribution in [0.15, 0.2) is 10.6 Å². The number of nitrogens with one attached hydrogen (secondary N) is 1. The average molecular weight is 284 g/mol. The van der Waals surface area contributed by atoms with Gasteiger partial charge in [0.05, 0.1) is 18.1 Å². The smallest absolute Gasteiger partial charge is 0.353 e. The van der Waals surface area contributed by atoms with Crippen molar-refractivity contribution in [2.75, 3.05) is 13.1 Å². The molecule has 0 spiro atoms. The predicted molar refractivity (Wildman–Crippen MR) is 69.3 cm³/mol. The van der Waals surface area contributed by atoms with Crippen LogP contribution in [0.25, 0.3) is 0 Å². The molecule has 3 atom stereocenters. The lowest BCUT2D eigenvalue weighted by molar-refractivity contribution is -0.161. The highest BCUT2D eigenvalue weighted by Crippen LogP contribution is 2.48. The maximum absolute atomic E-state index is 12.0. The number of amides is 1. The van der Waals surface area contributed by atoms with Crippen molar-refractivity contribution in [3.05, 3.63) is 10.6 Å². The summed E-state index contributed by atoms with van der Waals surface area (Å²) >= 11 is 1.55. The molecule has 2 saturated heterocycles. The molecule has 3 aliphatic heterocycles. The largest absolute Gasteiger partial charge is 0.477 e. The lowest BCUT2D eigenvalue weighted by atomic mass is 9.83. The number of carboxylic acids is 1. The second-order valence-electron chi connectivity index (χ2n) is 5.22. The van der Waals surface area contributed by atoms with Gasteiger partial charge in [0.2, 0.25) is 5.91 Å². The number of carboxylic acid groups (broad SMARTS) is 1. The zero-order valence-corrected chi connectivity index (χ0v) is 11.3. The summed E-state index contributed by atoms with van der Waals surface area (Å²) in [6, 6.07) is -0.172. The highest BCUT2D eigenvalue weighted by Gasteiger charge is 2.56. The minimum absolute atomic E-state index is 0.129. The summed E-state index contributed by atoms with van der Waals surface area (Å²) in [7, 11) is 0. The predicted octanol–water partition coefficient (Wildman–Crippen LogP) is -0.401. The molecule has 0 aliphatic carbocycles. The molecular formula is C12H16N2O4S. The average Bonchev–Trinajstić information content (AvgIpc) is 2.57. The van der Waals surface area contributed by atoms with E-state index in [0.29, 0.717) is 11.7 Å². The Bertz CT molecular complexity index is 472. The first-order valence-corrected chi connectivity index (χ1v) is 7.23. The van der Waals surface area contributed by atoms with Crippen LogP contribution >= 0.6 is 11.8 Å². The standard InChI is InChI=1S/C12H16N2O4S/c1-5(15)9-7-2-8(19-6-3-13-4-6)10(12(17)18)14(7)11(9)16/h5-7,9,13,15H,2-4H2,1H3,(H,17,18)/t5?,7-,9?/m1/s1. The summed E-state index contributed by atoms with van der Waals surface area (Å²) < 4.78 is 0. The monoisotopic (exact) mass is 284 g/mol. The van der Waals surface area contributed by atoms with E-state index in [9.17, 15) is 19.8 Å². The molecule has 2 fully saturated rings. The van der Waals surface area contributed by atoms with E-state index in [4.69, 9.17) is 0 Å². The number of aliphatic hydroxyl groups excluding tert-OH is 1. The third-order valence-electron chi connectivity index (χ3n) is 3.94. The fraction of sp³-hybridized carbons (Fsp3) is 0.667. The summed E-state index contributed by atoms with van der Waals surface area (Å²) in [5.74, 6) is -1.76. The van der Waals surface area contributed by atoms with E-state index < -0.39 is 18.0 Å². The molecule has 2 unspecified atom stereocenters. The van der Waals surface area contributed by atoms with E-state index in [-0.39, 0.29) is 17.6 Å². The molecule has 0 radical (unpaired) electrons. The second-order valence-corrected chi connectivity index (χ2v) is 6.62. The van der Waals surface area contributed by atoms with Crippen LogP contribution in [0, 0.1) is 5.92 Å². The van der Waals surface area contributed by atoms with Gasteiger partial charge in [0.25, 0.3) is 0 Å². The Kier molecular flexibility index (Phi) is 3.07. The molecular weight excluding hydrogens is 268 g/mol. The number of nitrogens with zero attached hydrogens (tertiary/aromatic N) is 1. The SMILES string of the molecule is CC(O)C1C(=O)N2C(C(=O)O)=C(SC3CNC3)C[C@H]12. The quantitative estimate of drug-likeness (QED) is 0.609. The van der Waals surface area contributed by atoms with Gasteiger partial charge in [0, 0.05) is 29.7 Å². The molecule has 7 heteroatoms. The molecule has 0 aromatic heterocycles. The molecule has 0 saturated carbocycles. The minimum atomic E-state index is -1.05. The van der Waals surface area contributed by atoms with Crippen molar-refractivity contribution < 1.29 is 19.8 Å². The first-order valence-electron chi connectivity index (χ1n) is 6.35. The van der Waals surface area contributed by atoms with Gasteiger partial charge in [-0.2, -0.15) is 0 Å². The van der Waals surface area contributed by atoms with Crippen LogP contribution in [0.3, 0.4) is 0 Å². The molecule has 104 valence electrons. The van der Waals surface area contributed by atoms with Crippen molar-refractivity contribution in [3.8, 4) is 0 Å². The number of β-lactam (4-membered cyclic amide) rings is 1. The van der Waals surface area contributed by atoms with Gasteiger partial charge >= 0.3 is 5.97 Å². The molecule has 3 N–H and O–H groups in total. The number of thioether (sulfide) groups is 1. The number of carbonyl (C=O) groups is 2. The topological polar surface area (TPSA) is 89.9 Å². The van der Waals surface area contributed by atoms with Crippen LogP contribution in [0.5, 0.6) is 0 Å². The summed E-state index contributed by atoms with van der Waals surface area (Å²) in [6.07, 6.45) is -0.164. The van der Waals surface area contributed by atoms with Crippen LogP contribution in [0.2, 0.25) is 0 Å². The van der Waals surface area contributed by atoms with Gasteiger partial charge in [-0.25, -0.2) is 4.79 Å². The van der Waals surface area contributed by atoms with Crippen LogP contribution in [0.1, 0.15) is 13.3 Å². The Hall–Kier alpha value is -1.05. The minimum Gasteiger partial charge on any atom is -0.477 e. The molecule has 19 heavy (non-hydrogen) atoms. The third-order valence-corrected chi connectivity index (χ3v) is 5.25. The number of fused-ring (bicyclic) bond motifs is 1. The Balaban J connectivity index is 1.82. The van der Waals surface area contributed by atoms with E-state index in [2.05, 4.69) is 5.32 Å². The molecule has 3 aliphatic rings. The van der Waals surface area contributed by atoms with Crippen molar-refractivity contribution in [2.45, 2.75) is 30.7 Å². The second kappa shape index (κ2) is 4.50. The molecule has 3 rings (SSSR count). The van der Waals surface area contributed by atoms with Crippen molar-refractivity contribution in [2.24, 2.45) is 5.92 Å². The lowest BCUT2D eigenvalue weighted by Gasteiger charge is -2.44. The fourth-order valence-electron chi connectivity index (χ4n) is 2.88. The van der Waals surface area contributed by atoms with Gasteiger partial charge in [-0.3, -0.25) is 4.79 Å².